The van der Waals surface area contributed by atoms with E-state index in [-0.39, 0.29) is 0 Å². The molecule has 0 amide bonds. The summed E-state index contributed by atoms with van der Waals surface area (Å²) in [5.41, 5.74) is 11.0. The van der Waals surface area contributed by atoms with E-state index >= 15 is 0 Å². The monoisotopic (exact) mass is 274 g/mol. The number of hydrogen-bond acceptors (Lipinski definition) is 6. The fraction of sp³-hybridized carbons (Fsp3) is 0. The minimum atomic E-state index is -0.747. The van der Waals surface area contributed by atoms with Crippen LogP contribution in [0.4, 0.5) is 22.7 Å². The lowest BCUT2D eigenvalue weighted by Gasteiger charge is -2.05. The van der Waals surface area contributed by atoms with Crippen LogP contribution in [0.25, 0.3) is 11.1 Å². The van der Waals surface area contributed by atoms with Gasteiger partial charge in [0.1, 0.15) is 0 Å². The highest BCUT2D eigenvalue weighted by Gasteiger charge is 2.24. The van der Waals surface area contributed by atoms with Gasteiger partial charge < -0.3 is 11.5 Å². The van der Waals surface area contributed by atoms with Gasteiger partial charge >= 0.3 is 0 Å². The summed E-state index contributed by atoms with van der Waals surface area (Å²) in [6, 6.07) is 8.84. The highest BCUT2D eigenvalue weighted by Crippen LogP contribution is 2.36. The van der Waals surface area contributed by atoms with E-state index in [1.165, 1.54) is 12.1 Å². The van der Waals surface area contributed by atoms with Crippen LogP contribution in [-0.4, -0.2) is 9.85 Å². The summed E-state index contributed by atoms with van der Waals surface area (Å²) in [5.74, 6) is 0. The molecule has 4 N–H and O–H groups in total. The fourth-order valence-electron chi connectivity index (χ4n) is 1.77. The zero-order valence-electron chi connectivity index (χ0n) is 10.1. The Morgan fingerprint density at radius 2 is 1.25 bits per heavy atom. The summed E-state index contributed by atoms with van der Waals surface area (Å²) in [6.45, 7) is 0. The second kappa shape index (κ2) is 4.84. The Bertz CT molecular complexity index is 662. The van der Waals surface area contributed by atoms with Gasteiger partial charge in [0.05, 0.1) is 9.85 Å². The molecule has 0 bridgehead atoms. The molecule has 0 aliphatic rings. The quantitative estimate of drug-likeness (QED) is 0.500. The topological polar surface area (TPSA) is 138 Å². The first-order valence-electron chi connectivity index (χ1n) is 5.48. The van der Waals surface area contributed by atoms with Crippen molar-refractivity contribution in [1.82, 2.24) is 0 Å². The number of nitrogens with two attached hydrogens (primary N) is 2. The number of nitrogen functional groups attached to an aromatic ring is 2. The number of anilines is 2. The number of benzene rings is 2. The molecule has 0 atom stereocenters. The Morgan fingerprint density at radius 1 is 0.800 bits per heavy atom. The number of hydrogen-bond donors (Lipinski definition) is 2. The normalized spacial score (nSPS) is 10.2. The van der Waals surface area contributed by atoms with Crippen molar-refractivity contribution in [1.29, 1.82) is 0 Å². The van der Waals surface area contributed by atoms with Gasteiger partial charge in [-0.05, 0) is 23.3 Å². The van der Waals surface area contributed by atoms with Gasteiger partial charge in [-0.25, -0.2) is 0 Å². The van der Waals surface area contributed by atoms with E-state index < -0.39 is 26.9 Å². The van der Waals surface area contributed by atoms with Crippen LogP contribution in [0.1, 0.15) is 0 Å². The lowest BCUT2D eigenvalue weighted by atomic mass is 10.0. The van der Waals surface area contributed by atoms with E-state index in [4.69, 9.17) is 11.5 Å². The van der Waals surface area contributed by atoms with Crippen molar-refractivity contribution in [3.63, 3.8) is 0 Å². The Morgan fingerprint density at radius 3 is 1.65 bits per heavy atom. The molecule has 0 fully saturated rings. The van der Waals surface area contributed by atoms with Crippen molar-refractivity contribution in [2.45, 2.75) is 0 Å². The van der Waals surface area contributed by atoms with E-state index in [9.17, 15) is 20.2 Å². The number of nitro groups is 2. The minimum Gasteiger partial charge on any atom is -0.399 e. The molecule has 2 aromatic rings. The number of nitro benzene ring substituents is 2. The summed E-state index contributed by atoms with van der Waals surface area (Å²) < 4.78 is 0. The van der Waals surface area contributed by atoms with Gasteiger partial charge in [-0.15, -0.1) is 0 Å². The summed E-state index contributed by atoms with van der Waals surface area (Å²) in [5, 5.41) is 21.8. The molecule has 0 saturated heterocycles. The fourth-order valence-corrected chi connectivity index (χ4v) is 1.77. The van der Waals surface area contributed by atoms with E-state index in [1.54, 1.807) is 24.3 Å². The van der Waals surface area contributed by atoms with Gasteiger partial charge in [0.25, 0.3) is 11.4 Å². The molecule has 0 radical (unpaired) electrons. The first-order valence-corrected chi connectivity index (χ1v) is 5.48. The van der Waals surface area contributed by atoms with E-state index in [0.717, 1.165) is 0 Å². The lowest BCUT2D eigenvalue weighted by Crippen LogP contribution is -2.01. The van der Waals surface area contributed by atoms with E-state index in [1.807, 2.05) is 0 Å². The molecule has 0 saturated carbocycles. The zero-order valence-corrected chi connectivity index (χ0v) is 10.1. The average Bonchev–Trinajstić information content (AvgIpc) is 2.39. The van der Waals surface area contributed by atoms with Gasteiger partial charge in [0.15, 0.2) is 5.69 Å². The Balaban J connectivity index is 2.68. The molecule has 102 valence electrons. The SMILES string of the molecule is Nc1ccc(-c2cc([N+](=O)[O-])c(N)c([N+](=O)[O-])c2)cc1. The van der Waals surface area contributed by atoms with E-state index in [2.05, 4.69) is 0 Å². The van der Waals surface area contributed by atoms with Crippen molar-refractivity contribution in [3.05, 3.63) is 56.6 Å². The van der Waals surface area contributed by atoms with Crippen LogP contribution in [-0.2, 0) is 0 Å². The second-order valence-corrected chi connectivity index (χ2v) is 4.06. The zero-order chi connectivity index (χ0) is 14.9. The van der Waals surface area contributed by atoms with Crippen LogP contribution in [0.3, 0.4) is 0 Å². The number of nitrogens with zero attached hydrogens (tertiary/aromatic N) is 2. The van der Waals surface area contributed by atoms with Crippen molar-refractivity contribution < 1.29 is 9.85 Å². The molecule has 2 aromatic carbocycles. The first kappa shape index (κ1) is 13.3. The third-order valence-corrected chi connectivity index (χ3v) is 2.77. The molecular formula is C12H10N4O4. The summed E-state index contributed by atoms with van der Waals surface area (Å²) in [7, 11) is 0. The largest absolute Gasteiger partial charge is 0.399 e. The van der Waals surface area contributed by atoms with Gasteiger partial charge in [0, 0.05) is 17.8 Å². The van der Waals surface area contributed by atoms with Crippen molar-refractivity contribution in [3.8, 4) is 11.1 Å². The molecule has 0 spiro atoms. The average molecular weight is 274 g/mol. The van der Waals surface area contributed by atoms with Crippen LogP contribution >= 0.6 is 0 Å². The van der Waals surface area contributed by atoms with Crippen molar-refractivity contribution >= 4 is 22.7 Å². The maximum atomic E-state index is 10.9. The molecule has 0 heterocycles. The molecule has 8 nitrogen and oxygen atoms in total. The summed E-state index contributed by atoms with van der Waals surface area (Å²) in [4.78, 5) is 20.3. The maximum Gasteiger partial charge on any atom is 0.299 e. The third kappa shape index (κ3) is 2.34. The van der Waals surface area contributed by atoms with Crippen LogP contribution in [0.5, 0.6) is 0 Å². The predicted octanol–water partition coefficient (Wildman–Crippen LogP) is 2.33. The van der Waals surface area contributed by atoms with Gasteiger partial charge in [-0.3, -0.25) is 20.2 Å². The van der Waals surface area contributed by atoms with Crippen molar-refractivity contribution in [2.75, 3.05) is 11.5 Å². The molecule has 20 heavy (non-hydrogen) atoms. The minimum absolute atomic E-state index is 0.331. The molecule has 0 aliphatic heterocycles. The Hall–Kier alpha value is -3.16. The standard InChI is InChI=1S/C12H10N4O4/c13-9-3-1-7(2-4-9)8-5-10(15(17)18)12(14)11(6-8)16(19)20/h1-6H,13-14H2. The molecule has 2 rings (SSSR count). The Kier molecular flexibility index (Phi) is 3.21. The smallest absolute Gasteiger partial charge is 0.299 e. The van der Waals surface area contributed by atoms with Gasteiger partial charge in [-0.1, -0.05) is 12.1 Å². The maximum absolute atomic E-state index is 10.9. The van der Waals surface area contributed by atoms with Crippen LogP contribution < -0.4 is 11.5 Å². The summed E-state index contributed by atoms with van der Waals surface area (Å²) >= 11 is 0. The molecule has 0 aromatic heterocycles. The molecule has 8 heteroatoms. The van der Waals surface area contributed by atoms with Crippen molar-refractivity contribution in [2.24, 2.45) is 0 Å². The Labute approximate surface area is 112 Å². The third-order valence-electron chi connectivity index (χ3n) is 2.77. The highest BCUT2D eigenvalue weighted by atomic mass is 16.6. The van der Waals surface area contributed by atoms with Crippen LogP contribution in [0, 0.1) is 20.2 Å². The van der Waals surface area contributed by atoms with Crippen LogP contribution in [0.2, 0.25) is 0 Å². The predicted molar refractivity (Wildman–Crippen MR) is 74.0 cm³/mol. The summed E-state index contributed by atoms with van der Waals surface area (Å²) in [6.07, 6.45) is 0. The van der Waals surface area contributed by atoms with Gasteiger partial charge in [-0.2, -0.15) is 0 Å². The lowest BCUT2D eigenvalue weighted by molar-refractivity contribution is -0.392. The second-order valence-electron chi connectivity index (χ2n) is 4.06. The molecular weight excluding hydrogens is 264 g/mol. The molecule has 0 aliphatic carbocycles. The number of rotatable bonds is 3. The first-order chi connectivity index (χ1) is 9.40. The highest BCUT2D eigenvalue weighted by molar-refractivity contribution is 5.80. The van der Waals surface area contributed by atoms with Gasteiger partial charge in [0.2, 0.25) is 0 Å². The van der Waals surface area contributed by atoms with Crippen LogP contribution in [0.15, 0.2) is 36.4 Å². The van der Waals surface area contributed by atoms with E-state index in [0.29, 0.717) is 16.8 Å². The molecule has 0 unspecified atom stereocenters.